The van der Waals surface area contributed by atoms with Gasteiger partial charge >= 0.3 is 0 Å². The molecule has 0 bridgehead atoms. The molecule has 10 nitrogen and oxygen atoms in total. The highest BCUT2D eigenvalue weighted by atomic mass is 35.5. The third-order valence-electron chi connectivity index (χ3n) is 5.63. The molecule has 0 saturated heterocycles. The third-order valence-corrected chi connectivity index (χ3v) is 5.90. The molecule has 0 radical (unpaired) electrons. The van der Waals surface area contributed by atoms with Crippen LogP contribution >= 0.6 is 11.6 Å². The Kier molecular flexibility index (Phi) is 32.2. The lowest BCUT2D eigenvalue weighted by molar-refractivity contribution is -0.0267. The fourth-order valence-electron chi connectivity index (χ4n) is 3.40. The van der Waals surface area contributed by atoms with Gasteiger partial charge in [0.2, 0.25) is 0 Å². The zero-order chi connectivity index (χ0) is 29.9. The van der Waals surface area contributed by atoms with E-state index in [9.17, 15) is 0 Å². The molecule has 246 valence electrons. The molecule has 11 heteroatoms. The molecule has 0 saturated carbocycles. The summed E-state index contributed by atoms with van der Waals surface area (Å²) < 4.78 is 54.9. The Morgan fingerprint density at radius 2 is 0.643 bits per heavy atom. The van der Waals surface area contributed by atoms with Gasteiger partial charge in [0.05, 0.1) is 126 Å². The highest BCUT2D eigenvalue weighted by Crippen LogP contribution is 2.01. The maximum atomic E-state index is 5.65. The third kappa shape index (κ3) is 30.6. The second-order valence-corrected chi connectivity index (χ2v) is 9.53. The maximum absolute atomic E-state index is 5.65. The highest BCUT2D eigenvalue weighted by molar-refractivity contribution is 6.17. The van der Waals surface area contributed by atoms with Gasteiger partial charge in [-0.3, -0.25) is 0 Å². The Bertz CT molecular complexity index is 629. The monoisotopic (exact) mass is 622 g/mol. The molecular formula is C31H55ClO10. The van der Waals surface area contributed by atoms with E-state index < -0.39 is 0 Å². The van der Waals surface area contributed by atoms with Gasteiger partial charge in [-0.15, -0.1) is 11.6 Å². The Hall–Kier alpha value is -0.890. The van der Waals surface area contributed by atoms with Crippen molar-refractivity contribution in [2.45, 2.75) is 32.3 Å². The van der Waals surface area contributed by atoms with E-state index in [2.05, 4.69) is 0 Å². The van der Waals surface area contributed by atoms with Gasteiger partial charge in [-0.05, 0) is 18.4 Å². The summed E-state index contributed by atoms with van der Waals surface area (Å²) in [7, 11) is 0. The van der Waals surface area contributed by atoms with Crippen molar-refractivity contribution in [3.8, 4) is 0 Å². The predicted octanol–water partition coefficient (Wildman–Crippen LogP) is 4.15. The smallest absolute Gasteiger partial charge is 0.0718 e. The van der Waals surface area contributed by atoms with Gasteiger partial charge in [0, 0.05) is 12.5 Å². The van der Waals surface area contributed by atoms with Gasteiger partial charge in [-0.25, -0.2) is 0 Å². The number of alkyl halides is 1. The van der Waals surface area contributed by atoms with Crippen LogP contribution in [0.3, 0.4) is 0 Å². The fraction of sp³-hybridized carbons (Fsp3) is 0.806. The SMILES string of the molecule is ClCCCCCCOCCOCCOCCOCCOCCOCCOCCOCCOCCOCc1ccccc1. The van der Waals surface area contributed by atoms with E-state index in [1.165, 1.54) is 12.8 Å². The minimum Gasteiger partial charge on any atom is -0.379 e. The minimum atomic E-state index is 0.523. The van der Waals surface area contributed by atoms with Crippen LogP contribution < -0.4 is 0 Å². The van der Waals surface area contributed by atoms with E-state index in [-0.39, 0.29) is 0 Å². The van der Waals surface area contributed by atoms with Gasteiger partial charge in [0.25, 0.3) is 0 Å². The summed E-state index contributed by atoms with van der Waals surface area (Å²) in [6.45, 7) is 11.2. The predicted molar refractivity (Wildman–Crippen MR) is 163 cm³/mol. The quantitative estimate of drug-likeness (QED) is 0.0812. The zero-order valence-electron chi connectivity index (χ0n) is 25.5. The molecule has 0 fully saturated rings. The van der Waals surface area contributed by atoms with Crippen molar-refractivity contribution in [1.82, 2.24) is 0 Å². The van der Waals surface area contributed by atoms with Crippen molar-refractivity contribution in [3.05, 3.63) is 35.9 Å². The summed E-state index contributed by atoms with van der Waals surface area (Å²) in [4.78, 5) is 0. The molecule has 0 aliphatic carbocycles. The van der Waals surface area contributed by atoms with Crippen molar-refractivity contribution in [3.63, 3.8) is 0 Å². The lowest BCUT2D eigenvalue weighted by Crippen LogP contribution is -2.15. The number of unbranched alkanes of at least 4 members (excludes halogenated alkanes) is 3. The van der Waals surface area contributed by atoms with E-state index in [1.807, 2.05) is 30.3 Å². The van der Waals surface area contributed by atoms with E-state index in [4.69, 9.17) is 59.0 Å². The van der Waals surface area contributed by atoms with Crippen molar-refractivity contribution in [1.29, 1.82) is 0 Å². The normalized spacial score (nSPS) is 11.5. The number of ether oxygens (including phenoxy) is 10. The van der Waals surface area contributed by atoms with Gasteiger partial charge < -0.3 is 47.4 Å². The summed E-state index contributed by atoms with van der Waals surface area (Å²) in [5, 5.41) is 0. The minimum absolute atomic E-state index is 0.523. The average molecular weight is 623 g/mol. The number of hydrogen-bond donors (Lipinski definition) is 0. The van der Waals surface area contributed by atoms with E-state index in [0.29, 0.717) is 126 Å². The topological polar surface area (TPSA) is 92.3 Å². The van der Waals surface area contributed by atoms with Crippen LogP contribution in [0.4, 0.5) is 0 Å². The standard InChI is InChI=1S/C31H55ClO10/c32-10-6-1-2-7-11-33-12-13-34-14-15-35-16-17-36-18-19-37-20-21-38-22-23-39-24-25-40-26-27-41-28-29-42-30-31-8-4-3-5-9-31/h3-5,8-9H,1-2,6-7,10-30H2. The van der Waals surface area contributed by atoms with Crippen molar-refractivity contribution in [2.75, 3.05) is 131 Å². The first-order valence-corrected chi connectivity index (χ1v) is 15.8. The molecule has 0 N–H and O–H groups in total. The summed E-state index contributed by atoms with van der Waals surface area (Å²) in [5.41, 5.74) is 1.16. The average Bonchev–Trinajstić information content (AvgIpc) is 3.01. The molecule has 1 rings (SSSR count). The highest BCUT2D eigenvalue weighted by Gasteiger charge is 1.97. The first-order valence-electron chi connectivity index (χ1n) is 15.3. The Morgan fingerprint density at radius 1 is 0.333 bits per heavy atom. The molecule has 0 aromatic heterocycles. The number of hydrogen-bond acceptors (Lipinski definition) is 10. The Balaban J connectivity index is 1.61. The van der Waals surface area contributed by atoms with Crippen LogP contribution in [0.25, 0.3) is 0 Å². The summed E-state index contributed by atoms with van der Waals surface area (Å²) in [6, 6.07) is 10.1. The van der Waals surface area contributed by atoms with Crippen molar-refractivity contribution < 1.29 is 47.4 Å². The number of benzene rings is 1. The second-order valence-electron chi connectivity index (χ2n) is 9.15. The first-order chi connectivity index (χ1) is 20.9. The van der Waals surface area contributed by atoms with Crippen LogP contribution in [0.5, 0.6) is 0 Å². The molecule has 0 amide bonds. The van der Waals surface area contributed by atoms with E-state index in [0.717, 1.165) is 30.9 Å². The van der Waals surface area contributed by atoms with Gasteiger partial charge in [-0.2, -0.15) is 0 Å². The molecule has 0 aliphatic heterocycles. The van der Waals surface area contributed by atoms with Crippen LogP contribution in [0.1, 0.15) is 31.2 Å². The van der Waals surface area contributed by atoms with E-state index >= 15 is 0 Å². The van der Waals surface area contributed by atoms with Crippen molar-refractivity contribution >= 4 is 11.6 Å². The Morgan fingerprint density at radius 3 is 1.00 bits per heavy atom. The van der Waals surface area contributed by atoms with Crippen LogP contribution in [0.15, 0.2) is 30.3 Å². The molecule has 1 aromatic rings. The molecule has 0 unspecified atom stereocenters. The van der Waals surface area contributed by atoms with Crippen LogP contribution in [-0.2, 0) is 54.0 Å². The molecule has 0 spiro atoms. The molecular weight excluding hydrogens is 568 g/mol. The van der Waals surface area contributed by atoms with E-state index in [1.54, 1.807) is 0 Å². The molecule has 0 heterocycles. The molecule has 0 aliphatic rings. The largest absolute Gasteiger partial charge is 0.379 e. The lowest BCUT2D eigenvalue weighted by Gasteiger charge is -2.09. The lowest BCUT2D eigenvalue weighted by atomic mass is 10.2. The molecule has 42 heavy (non-hydrogen) atoms. The Labute approximate surface area is 258 Å². The first kappa shape index (κ1) is 39.1. The number of halogens is 1. The van der Waals surface area contributed by atoms with Crippen LogP contribution in [-0.4, -0.2) is 131 Å². The number of rotatable bonds is 35. The zero-order valence-corrected chi connectivity index (χ0v) is 26.3. The maximum Gasteiger partial charge on any atom is 0.0718 e. The van der Waals surface area contributed by atoms with Gasteiger partial charge in [0.15, 0.2) is 0 Å². The molecule has 1 aromatic carbocycles. The van der Waals surface area contributed by atoms with Crippen LogP contribution in [0.2, 0.25) is 0 Å². The summed E-state index contributed by atoms with van der Waals surface area (Å²) in [6.07, 6.45) is 4.51. The van der Waals surface area contributed by atoms with Crippen LogP contribution in [0, 0.1) is 0 Å². The summed E-state index contributed by atoms with van der Waals surface area (Å²) in [5.74, 6) is 0.746. The molecule has 0 atom stereocenters. The fourth-order valence-corrected chi connectivity index (χ4v) is 3.58. The van der Waals surface area contributed by atoms with Gasteiger partial charge in [0.1, 0.15) is 0 Å². The van der Waals surface area contributed by atoms with Crippen molar-refractivity contribution in [2.24, 2.45) is 0 Å². The second kappa shape index (κ2) is 34.6. The summed E-state index contributed by atoms with van der Waals surface area (Å²) >= 11 is 5.65. The van der Waals surface area contributed by atoms with Gasteiger partial charge in [-0.1, -0.05) is 43.2 Å².